The topological polar surface area (TPSA) is 77.5 Å². The zero-order valence-corrected chi connectivity index (χ0v) is 13.5. The molecule has 1 saturated carbocycles. The van der Waals surface area contributed by atoms with Crippen molar-refractivity contribution in [3.8, 4) is 5.75 Å². The number of fused-ring (bicyclic) bond motifs is 1. The summed E-state index contributed by atoms with van der Waals surface area (Å²) in [5.41, 5.74) is 0.331. The van der Waals surface area contributed by atoms with Crippen LogP contribution in [0.25, 0.3) is 10.9 Å². The molecule has 3 N–H and O–H groups in total. The number of nitrogens with one attached hydrogen (secondary N) is 2. The van der Waals surface area contributed by atoms with E-state index in [2.05, 4.69) is 15.3 Å². The van der Waals surface area contributed by atoms with Gasteiger partial charge < -0.3 is 15.4 Å². The highest BCUT2D eigenvalue weighted by atomic mass is 32.1. The van der Waals surface area contributed by atoms with Crippen LogP contribution in [0, 0.1) is 0 Å². The van der Waals surface area contributed by atoms with Gasteiger partial charge in [-0.25, -0.2) is 4.99 Å². The second-order valence-corrected chi connectivity index (χ2v) is 6.19. The predicted octanol–water partition coefficient (Wildman–Crippen LogP) is 2.86. The summed E-state index contributed by atoms with van der Waals surface area (Å²) in [5.74, 6) is -0.0754. The molecule has 0 bridgehead atoms. The number of aromatic amines is 1. The summed E-state index contributed by atoms with van der Waals surface area (Å²) < 4.78 is 0. The molecule has 0 aliphatic heterocycles. The molecular weight excluding hydrogens is 310 g/mol. The number of hydrogen-bond acceptors (Lipinski definition) is 3. The molecule has 1 aromatic heterocycles. The molecule has 1 heterocycles. The predicted molar refractivity (Wildman–Crippen MR) is 96.4 cm³/mol. The molecule has 1 aliphatic carbocycles. The first-order chi connectivity index (χ1) is 11.1. The third kappa shape index (κ3) is 3.59. The summed E-state index contributed by atoms with van der Waals surface area (Å²) in [4.78, 5) is 19.0. The van der Waals surface area contributed by atoms with Crippen LogP contribution in [-0.2, 0) is 0 Å². The standard InChI is InChI=1S/C17H19N3O2S/c21-15-12-8-4-5-9-14(12)20-16(22)13(15)10-18-17(23)19-11-6-2-1-3-7-11/h4-5,8-11H,1-3,6-7H2,(H,19,23)(H2,20,21,22). The van der Waals surface area contributed by atoms with E-state index in [1.54, 1.807) is 24.3 Å². The Labute approximate surface area is 139 Å². The van der Waals surface area contributed by atoms with Crippen LogP contribution in [0.2, 0.25) is 0 Å². The Morgan fingerprint density at radius 3 is 2.83 bits per heavy atom. The van der Waals surface area contributed by atoms with Gasteiger partial charge in [-0.3, -0.25) is 4.79 Å². The van der Waals surface area contributed by atoms with Crippen LogP contribution in [0.1, 0.15) is 37.7 Å². The largest absolute Gasteiger partial charge is 0.506 e. The van der Waals surface area contributed by atoms with Crippen molar-refractivity contribution in [1.29, 1.82) is 0 Å². The van der Waals surface area contributed by atoms with Crippen molar-refractivity contribution >= 4 is 34.4 Å². The van der Waals surface area contributed by atoms with E-state index in [1.807, 2.05) is 0 Å². The quantitative estimate of drug-likeness (QED) is 0.585. The van der Waals surface area contributed by atoms with Crippen molar-refractivity contribution in [1.82, 2.24) is 10.3 Å². The minimum atomic E-state index is -0.384. The number of rotatable bonds is 2. The summed E-state index contributed by atoms with van der Waals surface area (Å²) in [5, 5.41) is 14.4. The number of pyridine rings is 1. The SMILES string of the molecule is O=c1[nH]c2ccccc2c(O)c1C=NC(=S)NC1CCCCC1. The van der Waals surface area contributed by atoms with Gasteiger partial charge in [-0.2, -0.15) is 0 Å². The molecule has 23 heavy (non-hydrogen) atoms. The monoisotopic (exact) mass is 329 g/mol. The van der Waals surface area contributed by atoms with Gasteiger partial charge in [0.15, 0.2) is 5.11 Å². The minimum Gasteiger partial charge on any atom is -0.506 e. The van der Waals surface area contributed by atoms with Crippen LogP contribution < -0.4 is 10.9 Å². The van der Waals surface area contributed by atoms with Crippen molar-refractivity contribution < 1.29 is 5.11 Å². The average Bonchev–Trinajstić information content (AvgIpc) is 2.55. The maximum absolute atomic E-state index is 12.1. The number of para-hydroxylation sites is 1. The summed E-state index contributed by atoms with van der Waals surface area (Å²) >= 11 is 5.21. The molecule has 0 unspecified atom stereocenters. The van der Waals surface area contributed by atoms with Crippen molar-refractivity contribution in [2.75, 3.05) is 0 Å². The van der Waals surface area contributed by atoms with E-state index in [9.17, 15) is 9.90 Å². The zero-order chi connectivity index (χ0) is 16.2. The van der Waals surface area contributed by atoms with E-state index < -0.39 is 0 Å². The highest BCUT2D eigenvalue weighted by Crippen LogP contribution is 2.23. The van der Waals surface area contributed by atoms with Gasteiger partial charge in [0.05, 0.1) is 5.52 Å². The van der Waals surface area contributed by atoms with E-state index in [4.69, 9.17) is 12.2 Å². The van der Waals surface area contributed by atoms with Crippen molar-refractivity contribution in [2.24, 2.45) is 4.99 Å². The molecule has 1 fully saturated rings. The van der Waals surface area contributed by atoms with Crippen LogP contribution in [0.3, 0.4) is 0 Å². The lowest BCUT2D eigenvalue weighted by atomic mass is 9.96. The molecule has 1 aliphatic rings. The fourth-order valence-electron chi connectivity index (χ4n) is 2.94. The molecule has 0 spiro atoms. The molecule has 3 rings (SSSR count). The average molecular weight is 329 g/mol. The van der Waals surface area contributed by atoms with Crippen molar-refractivity contribution in [3.63, 3.8) is 0 Å². The van der Waals surface area contributed by atoms with E-state index in [0.29, 0.717) is 22.1 Å². The molecule has 0 saturated heterocycles. The van der Waals surface area contributed by atoms with Gasteiger partial charge in [-0.15, -0.1) is 0 Å². The Morgan fingerprint density at radius 2 is 2.04 bits per heavy atom. The van der Waals surface area contributed by atoms with Gasteiger partial charge >= 0.3 is 0 Å². The van der Waals surface area contributed by atoms with Crippen LogP contribution in [0.5, 0.6) is 5.75 Å². The second kappa shape index (κ2) is 6.91. The first kappa shape index (κ1) is 15.7. The van der Waals surface area contributed by atoms with Gasteiger partial charge in [0.2, 0.25) is 0 Å². The fraction of sp³-hybridized carbons (Fsp3) is 0.353. The third-order valence-corrected chi connectivity index (χ3v) is 4.40. The zero-order valence-electron chi connectivity index (χ0n) is 12.7. The highest BCUT2D eigenvalue weighted by molar-refractivity contribution is 7.80. The maximum Gasteiger partial charge on any atom is 0.261 e. The Bertz CT molecular complexity index is 807. The number of aromatic hydroxyl groups is 1. The molecule has 2 aromatic rings. The number of aromatic nitrogens is 1. The lowest BCUT2D eigenvalue weighted by Gasteiger charge is -2.22. The summed E-state index contributed by atoms with van der Waals surface area (Å²) in [6.45, 7) is 0. The number of nitrogens with zero attached hydrogens (tertiary/aromatic N) is 1. The molecule has 1 aromatic carbocycles. The molecule has 6 heteroatoms. The highest BCUT2D eigenvalue weighted by Gasteiger charge is 2.14. The van der Waals surface area contributed by atoms with Gasteiger partial charge in [0, 0.05) is 17.6 Å². The molecule has 0 radical (unpaired) electrons. The summed E-state index contributed by atoms with van der Waals surface area (Å²) in [6.07, 6.45) is 7.20. The third-order valence-electron chi connectivity index (χ3n) is 4.17. The molecule has 0 amide bonds. The number of H-pyrrole nitrogens is 1. The van der Waals surface area contributed by atoms with E-state index >= 15 is 0 Å². The normalized spacial score (nSPS) is 16.0. The Morgan fingerprint density at radius 1 is 1.30 bits per heavy atom. The lowest BCUT2D eigenvalue weighted by molar-refractivity contribution is 0.414. The van der Waals surface area contributed by atoms with Crippen LogP contribution >= 0.6 is 12.2 Å². The summed E-state index contributed by atoms with van der Waals surface area (Å²) in [7, 11) is 0. The number of aliphatic imine (C=N–C) groups is 1. The van der Waals surface area contributed by atoms with Gasteiger partial charge in [-0.05, 0) is 37.2 Å². The summed E-state index contributed by atoms with van der Waals surface area (Å²) in [6, 6.07) is 7.45. The maximum atomic E-state index is 12.1. The van der Waals surface area contributed by atoms with E-state index in [0.717, 1.165) is 12.8 Å². The Hall–Kier alpha value is -2.21. The van der Waals surface area contributed by atoms with Crippen molar-refractivity contribution in [2.45, 2.75) is 38.1 Å². The first-order valence-electron chi connectivity index (χ1n) is 7.83. The fourth-order valence-corrected chi connectivity index (χ4v) is 3.16. The van der Waals surface area contributed by atoms with Crippen LogP contribution in [0.15, 0.2) is 34.1 Å². The molecule has 0 atom stereocenters. The number of thiocarbonyl (C=S) groups is 1. The van der Waals surface area contributed by atoms with Crippen LogP contribution in [0.4, 0.5) is 0 Å². The van der Waals surface area contributed by atoms with Gasteiger partial charge in [0.1, 0.15) is 11.3 Å². The molecule has 120 valence electrons. The number of hydrogen-bond donors (Lipinski definition) is 3. The minimum absolute atomic E-state index is 0.0754. The van der Waals surface area contributed by atoms with Crippen LogP contribution in [-0.4, -0.2) is 27.5 Å². The van der Waals surface area contributed by atoms with Crippen molar-refractivity contribution in [3.05, 3.63) is 40.2 Å². The Balaban J connectivity index is 1.80. The van der Waals surface area contributed by atoms with E-state index in [-0.39, 0.29) is 16.9 Å². The van der Waals surface area contributed by atoms with Gasteiger partial charge in [-0.1, -0.05) is 31.4 Å². The number of benzene rings is 1. The first-order valence-corrected chi connectivity index (χ1v) is 8.24. The lowest BCUT2D eigenvalue weighted by Crippen LogP contribution is -2.34. The smallest absolute Gasteiger partial charge is 0.261 e. The molecule has 5 nitrogen and oxygen atoms in total. The Kier molecular flexibility index (Phi) is 4.71. The molecular formula is C17H19N3O2S. The van der Waals surface area contributed by atoms with Gasteiger partial charge in [0.25, 0.3) is 5.56 Å². The van der Waals surface area contributed by atoms with E-state index in [1.165, 1.54) is 25.5 Å². The second-order valence-electron chi connectivity index (χ2n) is 5.80.